The highest BCUT2D eigenvalue weighted by Gasteiger charge is 2.09. The molecule has 20 heavy (non-hydrogen) atoms. The number of hydrogen-bond donors (Lipinski definition) is 0. The van der Waals surface area contributed by atoms with Crippen molar-refractivity contribution in [3.8, 4) is 5.75 Å². The van der Waals surface area contributed by atoms with Gasteiger partial charge in [0.15, 0.2) is 5.15 Å². The van der Waals surface area contributed by atoms with Crippen LogP contribution in [0, 0.1) is 0 Å². The van der Waals surface area contributed by atoms with E-state index >= 15 is 0 Å². The Hall–Kier alpha value is -1.85. The van der Waals surface area contributed by atoms with Gasteiger partial charge in [0.2, 0.25) is 5.28 Å². The van der Waals surface area contributed by atoms with Crippen molar-refractivity contribution in [3.05, 3.63) is 46.5 Å². The standard InChI is InChI=1S/C13H10Cl2N4O/c1-20-9-4-2-8(3-5-9)6-19-7-10-11(18-19)12(14)17-13(15)16-10/h2-5,7H,6H2,1H3. The van der Waals surface area contributed by atoms with Gasteiger partial charge in [-0.15, -0.1) is 0 Å². The molecule has 0 bridgehead atoms. The molecule has 0 saturated heterocycles. The third-order valence-electron chi connectivity index (χ3n) is 2.84. The topological polar surface area (TPSA) is 52.8 Å². The summed E-state index contributed by atoms with van der Waals surface area (Å²) in [5, 5.41) is 4.74. The Balaban J connectivity index is 1.92. The molecule has 0 unspecified atom stereocenters. The van der Waals surface area contributed by atoms with Crippen LogP contribution >= 0.6 is 23.2 Å². The summed E-state index contributed by atoms with van der Waals surface area (Å²) in [6.07, 6.45) is 1.79. The van der Waals surface area contributed by atoms with Gasteiger partial charge >= 0.3 is 0 Å². The van der Waals surface area contributed by atoms with Gasteiger partial charge in [-0.2, -0.15) is 5.10 Å². The molecular formula is C13H10Cl2N4O. The summed E-state index contributed by atoms with van der Waals surface area (Å²) in [5.41, 5.74) is 2.27. The number of nitrogens with zero attached hydrogens (tertiary/aromatic N) is 4. The van der Waals surface area contributed by atoms with Gasteiger partial charge in [-0.3, -0.25) is 4.68 Å². The lowest BCUT2D eigenvalue weighted by Gasteiger charge is -2.03. The summed E-state index contributed by atoms with van der Waals surface area (Å²) in [6.45, 7) is 0.605. The van der Waals surface area contributed by atoms with Crippen LogP contribution in [0.2, 0.25) is 10.4 Å². The second kappa shape index (κ2) is 5.26. The summed E-state index contributed by atoms with van der Waals surface area (Å²) in [7, 11) is 1.64. The van der Waals surface area contributed by atoms with Gasteiger partial charge in [0.1, 0.15) is 16.8 Å². The molecule has 3 rings (SSSR count). The Bertz CT molecular complexity index is 755. The molecule has 0 atom stereocenters. The zero-order chi connectivity index (χ0) is 14.1. The summed E-state index contributed by atoms with van der Waals surface area (Å²) < 4.78 is 6.88. The second-order valence-electron chi connectivity index (χ2n) is 4.19. The predicted octanol–water partition coefficient (Wildman–Crippen LogP) is 3.19. The fourth-order valence-electron chi connectivity index (χ4n) is 1.90. The van der Waals surface area contributed by atoms with E-state index in [4.69, 9.17) is 27.9 Å². The molecule has 5 nitrogen and oxygen atoms in total. The number of rotatable bonds is 3. The van der Waals surface area contributed by atoms with Gasteiger partial charge < -0.3 is 4.74 Å². The average molecular weight is 309 g/mol. The van der Waals surface area contributed by atoms with Crippen molar-refractivity contribution in [2.75, 3.05) is 7.11 Å². The summed E-state index contributed by atoms with van der Waals surface area (Å²) in [6, 6.07) is 7.77. The van der Waals surface area contributed by atoms with Crippen LogP contribution in [0.4, 0.5) is 0 Å². The van der Waals surface area contributed by atoms with E-state index < -0.39 is 0 Å². The van der Waals surface area contributed by atoms with Crippen molar-refractivity contribution < 1.29 is 4.74 Å². The number of hydrogen-bond acceptors (Lipinski definition) is 4. The first-order valence-electron chi connectivity index (χ1n) is 5.85. The number of methoxy groups -OCH3 is 1. The maximum Gasteiger partial charge on any atom is 0.224 e. The maximum absolute atomic E-state index is 5.99. The molecule has 2 heterocycles. The molecule has 0 spiro atoms. The zero-order valence-corrected chi connectivity index (χ0v) is 12.1. The fraction of sp³-hybridized carbons (Fsp3) is 0.154. The largest absolute Gasteiger partial charge is 0.497 e. The van der Waals surface area contributed by atoms with Gasteiger partial charge in [0.05, 0.1) is 19.9 Å². The molecule has 1 aromatic carbocycles. The Morgan fingerprint density at radius 3 is 2.60 bits per heavy atom. The van der Waals surface area contributed by atoms with Crippen LogP contribution in [0.15, 0.2) is 30.5 Å². The number of aromatic nitrogens is 4. The van der Waals surface area contributed by atoms with Crippen molar-refractivity contribution in [1.29, 1.82) is 0 Å². The molecule has 0 radical (unpaired) electrons. The lowest BCUT2D eigenvalue weighted by molar-refractivity contribution is 0.414. The Kier molecular flexibility index (Phi) is 3.46. The molecule has 0 N–H and O–H groups in total. The van der Waals surface area contributed by atoms with E-state index in [0.717, 1.165) is 11.3 Å². The van der Waals surface area contributed by atoms with E-state index in [1.165, 1.54) is 0 Å². The predicted molar refractivity (Wildman–Crippen MR) is 77.4 cm³/mol. The second-order valence-corrected chi connectivity index (χ2v) is 4.89. The van der Waals surface area contributed by atoms with Crippen LogP contribution in [0.3, 0.4) is 0 Å². The molecule has 102 valence electrons. The van der Waals surface area contributed by atoms with Crippen molar-refractivity contribution in [2.45, 2.75) is 6.54 Å². The van der Waals surface area contributed by atoms with E-state index in [1.54, 1.807) is 18.0 Å². The molecular weight excluding hydrogens is 299 g/mol. The molecule has 2 aromatic heterocycles. The van der Waals surface area contributed by atoms with E-state index in [0.29, 0.717) is 17.6 Å². The number of benzene rings is 1. The molecule has 0 fully saturated rings. The SMILES string of the molecule is COc1ccc(Cn2cc3nc(Cl)nc(Cl)c3n2)cc1. The highest BCUT2D eigenvalue weighted by atomic mass is 35.5. The first-order chi connectivity index (χ1) is 9.65. The number of ether oxygens (including phenoxy) is 1. The first kappa shape index (κ1) is 13.1. The van der Waals surface area contributed by atoms with E-state index in [1.807, 2.05) is 24.3 Å². The molecule has 0 aliphatic heterocycles. The fourth-order valence-corrected chi connectivity index (χ4v) is 2.33. The van der Waals surface area contributed by atoms with Crippen molar-refractivity contribution >= 4 is 34.2 Å². The Labute approximate surface area is 125 Å². The van der Waals surface area contributed by atoms with E-state index in [-0.39, 0.29) is 10.4 Å². The molecule has 0 saturated carbocycles. The third-order valence-corrected chi connectivity index (χ3v) is 3.28. The normalized spacial score (nSPS) is 10.9. The number of fused-ring (bicyclic) bond motifs is 1. The maximum atomic E-state index is 5.99. The van der Waals surface area contributed by atoms with Crippen LogP contribution < -0.4 is 4.74 Å². The highest BCUT2D eigenvalue weighted by Crippen LogP contribution is 2.21. The molecule has 0 aliphatic carbocycles. The zero-order valence-electron chi connectivity index (χ0n) is 10.5. The summed E-state index contributed by atoms with van der Waals surface area (Å²) in [4.78, 5) is 7.96. The van der Waals surface area contributed by atoms with Crippen molar-refractivity contribution in [2.24, 2.45) is 0 Å². The average Bonchev–Trinajstić information content (AvgIpc) is 2.82. The van der Waals surface area contributed by atoms with Crippen molar-refractivity contribution in [3.63, 3.8) is 0 Å². The summed E-state index contributed by atoms with van der Waals surface area (Å²) >= 11 is 11.8. The highest BCUT2D eigenvalue weighted by molar-refractivity contribution is 6.35. The lowest BCUT2D eigenvalue weighted by atomic mass is 10.2. The van der Waals surface area contributed by atoms with Gasteiger partial charge in [-0.25, -0.2) is 9.97 Å². The molecule has 7 heteroatoms. The smallest absolute Gasteiger partial charge is 0.224 e. The van der Waals surface area contributed by atoms with E-state index in [9.17, 15) is 0 Å². The quantitative estimate of drug-likeness (QED) is 0.551. The molecule has 0 amide bonds. The number of halogens is 2. The van der Waals surface area contributed by atoms with Crippen LogP contribution in [-0.4, -0.2) is 26.9 Å². The van der Waals surface area contributed by atoms with Crippen LogP contribution in [0.25, 0.3) is 11.0 Å². The first-order valence-corrected chi connectivity index (χ1v) is 6.60. The lowest BCUT2D eigenvalue weighted by Crippen LogP contribution is -1.99. The Morgan fingerprint density at radius 1 is 1.15 bits per heavy atom. The van der Waals surface area contributed by atoms with Gasteiger partial charge in [0.25, 0.3) is 0 Å². The van der Waals surface area contributed by atoms with Crippen LogP contribution in [0.1, 0.15) is 5.56 Å². The minimum Gasteiger partial charge on any atom is -0.497 e. The van der Waals surface area contributed by atoms with Crippen molar-refractivity contribution in [1.82, 2.24) is 19.7 Å². The van der Waals surface area contributed by atoms with Gasteiger partial charge in [0, 0.05) is 0 Å². The molecule has 3 aromatic rings. The van der Waals surface area contributed by atoms with E-state index in [2.05, 4.69) is 15.1 Å². The minimum absolute atomic E-state index is 0.117. The van der Waals surface area contributed by atoms with Gasteiger partial charge in [-0.1, -0.05) is 23.7 Å². The monoisotopic (exact) mass is 308 g/mol. The van der Waals surface area contributed by atoms with Crippen LogP contribution in [0.5, 0.6) is 5.75 Å². The summed E-state index contributed by atoms with van der Waals surface area (Å²) in [5.74, 6) is 0.820. The third kappa shape index (κ3) is 2.55. The Morgan fingerprint density at radius 2 is 1.90 bits per heavy atom. The molecule has 0 aliphatic rings. The van der Waals surface area contributed by atoms with Gasteiger partial charge in [-0.05, 0) is 29.3 Å². The van der Waals surface area contributed by atoms with Crippen LogP contribution in [-0.2, 0) is 6.54 Å². The minimum atomic E-state index is 0.117.